The predicted octanol–water partition coefficient (Wildman–Crippen LogP) is 2.74. The molecule has 4 unspecified atom stereocenters. The van der Waals surface area contributed by atoms with Crippen LogP contribution in [0.4, 0.5) is 5.95 Å². The van der Waals surface area contributed by atoms with Crippen LogP contribution in [0, 0.1) is 5.92 Å². The summed E-state index contributed by atoms with van der Waals surface area (Å²) in [5.41, 5.74) is 4.89. The molecule has 0 bridgehead atoms. The van der Waals surface area contributed by atoms with Gasteiger partial charge in [-0.15, -0.1) is 10.2 Å². The fourth-order valence-corrected chi connectivity index (χ4v) is 6.02. The second-order valence-corrected chi connectivity index (χ2v) is 9.99. The minimum absolute atomic E-state index is 0.0653. The van der Waals surface area contributed by atoms with Crippen molar-refractivity contribution in [3.8, 4) is 0 Å². The van der Waals surface area contributed by atoms with Crippen molar-refractivity contribution >= 4 is 11.9 Å². The first kappa shape index (κ1) is 24.2. The number of benzene rings is 1. The zero-order valence-electron chi connectivity index (χ0n) is 21.1. The summed E-state index contributed by atoms with van der Waals surface area (Å²) in [4.78, 5) is 14.7. The molecule has 1 saturated carbocycles. The number of fused-ring (bicyclic) bond motifs is 6. The van der Waals surface area contributed by atoms with Gasteiger partial charge in [-0.3, -0.25) is 19.7 Å². The van der Waals surface area contributed by atoms with Crippen molar-refractivity contribution in [1.29, 1.82) is 0 Å². The second kappa shape index (κ2) is 11.1. The largest absolute Gasteiger partial charge is 0.355 e. The molecule has 1 aliphatic carbocycles. The van der Waals surface area contributed by atoms with Crippen LogP contribution in [0.25, 0.3) is 0 Å². The topological polar surface area (TPSA) is 90.3 Å². The Hall–Kier alpha value is -2.49. The Morgan fingerprint density at radius 3 is 2.74 bits per heavy atom. The van der Waals surface area contributed by atoms with Gasteiger partial charge in [-0.2, -0.15) is 0 Å². The molecule has 1 aromatic carbocycles. The summed E-state index contributed by atoms with van der Waals surface area (Å²) in [6.07, 6.45) is 7.24. The summed E-state index contributed by atoms with van der Waals surface area (Å²) in [7, 11) is 0. The number of hydrogen-bond donors (Lipinski definition) is 3. The Bertz CT molecular complexity index is 975. The number of aromatic nitrogens is 3. The summed E-state index contributed by atoms with van der Waals surface area (Å²) < 4.78 is 2.38. The summed E-state index contributed by atoms with van der Waals surface area (Å²) >= 11 is 0. The average Bonchev–Trinajstić information content (AvgIpc) is 3.53. The minimum atomic E-state index is 0.0653. The van der Waals surface area contributed by atoms with Gasteiger partial charge in [0.15, 0.2) is 0 Å². The van der Waals surface area contributed by atoms with Crippen LogP contribution < -0.4 is 21.1 Å². The third-order valence-electron chi connectivity index (χ3n) is 7.95. The molecule has 0 spiro atoms. The Kier molecular flexibility index (Phi) is 7.65. The summed E-state index contributed by atoms with van der Waals surface area (Å²) in [5, 5.41) is 18.4. The van der Waals surface area contributed by atoms with E-state index in [1.807, 2.05) is 0 Å². The normalized spacial score (nSPS) is 25.3. The smallest absolute Gasteiger partial charge is 0.243 e. The van der Waals surface area contributed by atoms with E-state index in [0.29, 0.717) is 24.9 Å². The Balaban J connectivity index is 1.24. The van der Waals surface area contributed by atoms with Crippen LogP contribution in [-0.2, 0) is 11.2 Å². The third kappa shape index (κ3) is 5.08. The number of nitrogens with zero attached hydrogens (tertiary/aromatic N) is 5. The van der Waals surface area contributed by atoms with Crippen molar-refractivity contribution < 1.29 is 4.79 Å². The maximum absolute atomic E-state index is 12.4. The lowest BCUT2D eigenvalue weighted by Gasteiger charge is -2.44. The van der Waals surface area contributed by atoms with E-state index in [-0.39, 0.29) is 18.2 Å². The first-order valence-corrected chi connectivity index (χ1v) is 13.5. The number of carbonyl (C=O) groups excluding carboxylic acids is 1. The lowest BCUT2D eigenvalue weighted by Crippen LogP contribution is -2.53. The van der Waals surface area contributed by atoms with E-state index in [1.54, 1.807) is 0 Å². The fraction of sp³-hybridized carbons (Fsp3) is 0.654. The van der Waals surface area contributed by atoms with Crippen molar-refractivity contribution in [1.82, 2.24) is 35.7 Å². The van der Waals surface area contributed by atoms with Gasteiger partial charge in [-0.05, 0) is 37.9 Å². The Morgan fingerprint density at radius 1 is 1.14 bits per heavy atom. The Morgan fingerprint density at radius 2 is 1.94 bits per heavy atom. The number of hydrogen-bond acceptors (Lipinski definition) is 7. The lowest BCUT2D eigenvalue weighted by molar-refractivity contribution is -0.121. The number of rotatable bonds is 10. The van der Waals surface area contributed by atoms with Gasteiger partial charge < -0.3 is 10.2 Å². The van der Waals surface area contributed by atoms with Crippen molar-refractivity contribution in [2.45, 2.75) is 77.2 Å². The number of carbonyl (C=O) groups is 1. The van der Waals surface area contributed by atoms with Crippen LogP contribution >= 0.6 is 0 Å². The van der Waals surface area contributed by atoms with E-state index in [1.165, 1.54) is 24.8 Å². The number of amides is 1. The summed E-state index contributed by atoms with van der Waals surface area (Å²) in [6.45, 7) is 7.95. The molecular weight excluding hydrogens is 440 g/mol. The molecule has 3 heterocycles. The van der Waals surface area contributed by atoms with Crippen molar-refractivity contribution in [3.05, 3.63) is 41.7 Å². The third-order valence-corrected chi connectivity index (χ3v) is 7.95. The van der Waals surface area contributed by atoms with Gasteiger partial charge >= 0.3 is 0 Å². The first-order chi connectivity index (χ1) is 17.2. The van der Waals surface area contributed by atoms with Crippen LogP contribution in [0.5, 0.6) is 0 Å². The molecule has 1 amide bonds. The highest BCUT2D eigenvalue weighted by Gasteiger charge is 2.48. The maximum Gasteiger partial charge on any atom is 0.243 e. The van der Waals surface area contributed by atoms with Crippen molar-refractivity contribution in [3.63, 3.8) is 0 Å². The molecule has 2 aliphatic heterocycles. The molecule has 9 heteroatoms. The fourth-order valence-electron chi connectivity index (χ4n) is 6.02. The molecular formula is C26H40N8O. The zero-order chi connectivity index (χ0) is 24.2. The van der Waals surface area contributed by atoms with Crippen LogP contribution in [0.1, 0.15) is 76.0 Å². The average molecular weight is 481 g/mol. The van der Waals surface area contributed by atoms with Gasteiger partial charge in [0.05, 0.1) is 0 Å². The molecule has 3 N–H and O–H groups in total. The highest BCUT2D eigenvalue weighted by atomic mass is 16.1. The van der Waals surface area contributed by atoms with Gasteiger partial charge in [0.25, 0.3) is 0 Å². The standard InChI is InChI=1S/C26H40N8O/c1-3-32(4-2)18-17-27-23(35)16-10-15-22-29-30-26-33(22)21-14-9-8-13-20(21)25-28-24(31-34(25)26)19-11-6-5-7-12-19/h5-7,11-12,20-21,24-25,28,31H,3-4,8-10,13-18H2,1-2H3,(H,27,35). The number of likely N-dealkylation sites (N-methyl/N-ethyl adjacent to an activating group) is 1. The quantitative estimate of drug-likeness (QED) is 0.482. The van der Waals surface area contributed by atoms with Crippen LogP contribution in [0.3, 0.4) is 0 Å². The molecule has 1 aromatic heterocycles. The van der Waals surface area contributed by atoms with E-state index in [0.717, 1.165) is 50.7 Å². The van der Waals surface area contributed by atoms with Crippen molar-refractivity contribution in [2.75, 3.05) is 31.2 Å². The maximum atomic E-state index is 12.4. The van der Waals surface area contributed by atoms with Gasteiger partial charge in [-0.1, -0.05) is 57.0 Å². The molecule has 9 nitrogen and oxygen atoms in total. The summed E-state index contributed by atoms with van der Waals surface area (Å²) in [6, 6.07) is 10.9. The second-order valence-electron chi connectivity index (χ2n) is 9.99. The number of nitrogens with one attached hydrogen (secondary N) is 3. The molecule has 35 heavy (non-hydrogen) atoms. The molecule has 5 rings (SSSR count). The zero-order valence-corrected chi connectivity index (χ0v) is 21.1. The molecule has 0 radical (unpaired) electrons. The molecule has 190 valence electrons. The highest BCUT2D eigenvalue weighted by Crippen LogP contribution is 2.45. The molecule has 2 aromatic rings. The predicted molar refractivity (Wildman–Crippen MR) is 136 cm³/mol. The number of hydrazine groups is 1. The van der Waals surface area contributed by atoms with E-state index in [9.17, 15) is 4.79 Å². The molecule has 3 aliphatic rings. The molecule has 1 saturated heterocycles. The minimum Gasteiger partial charge on any atom is -0.355 e. The van der Waals surface area contributed by atoms with Crippen molar-refractivity contribution in [2.24, 2.45) is 5.92 Å². The van der Waals surface area contributed by atoms with E-state index >= 15 is 0 Å². The van der Waals surface area contributed by atoms with Crippen LogP contribution in [0.15, 0.2) is 30.3 Å². The van der Waals surface area contributed by atoms with Gasteiger partial charge in [0.1, 0.15) is 18.2 Å². The molecule has 2 fully saturated rings. The van der Waals surface area contributed by atoms with E-state index < -0.39 is 0 Å². The van der Waals surface area contributed by atoms with Gasteiger partial charge in [-0.25, -0.2) is 5.43 Å². The van der Waals surface area contributed by atoms with E-state index in [4.69, 9.17) is 0 Å². The number of aryl methyl sites for hydroxylation is 1. The monoisotopic (exact) mass is 480 g/mol. The van der Waals surface area contributed by atoms with Crippen LogP contribution in [-0.4, -0.2) is 57.9 Å². The summed E-state index contributed by atoms with van der Waals surface area (Å²) in [5.74, 6) is 2.55. The Labute approximate surface area is 208 Å². The van der Waals surface area contributed by atoms with Gasteiger partial charge in [0.2, 0.25) is 11.9 Å². The molecule has 4 atom stereocenters. The van der Waals surface area contributed by atoms with E-state index in [2.05, 4.69) is 84.9 Å². The first-order valence-electron chi connectivity index (χ1n) is 13.5. The number of anilines is 1. The van der Waals surface area contributed by atoms with Crippen LogP contribution in [0.2, 0.25) is 0 Å². The lowest BCUT2D eigenvalue weighted by atomic mass is 9.81. The van der Waals surface area contributed by atoms with Gasteiger partial charge in [0, 0.05) is 37.9 Å². The SMILES string of the molecule is CCN(CC)CCNC(=O)CCCc1nnc2n1C1CCCCC1C1NC(c3ccccc3)NN21. The highest BCUT2D eigenvalue weighted by molar-refractivity contribution is 5.75.